The molecular formula is C30H42FN3O5. The number of halogens is 1. The number of carbonyl (C=O) groups excluding carboxylic acids is 1. The van der Waals surface area contributed by atoms with Crippen LogP contribution in [-0.2, 0) is 21.6 Å². The summed E-state index contributed by atoms with van der Waals surface area (Å²) in [6, 6.07) is 12.4. The van der Waals surface area contributed by atoms with Crippen molar-refractivity contribution in [1.82, 2.24) is 15.5 Å². The van der Waals surface area contributed by atoms with Crippen molar-refractivity contribution in [2.24, 2.45) is 5.92 Å². The fourth-order valence-electron chi connectivity index (χ4n) is 5.62. The van der Waals surface area contributed by atoms with Crippen LogP contribution >= 0.6 is 0 Å². The summed E-state index contributed by atoms with van der Waals surface area (Å²) in [5.41, 5.74) is 1.07. The molecule has 2 aromatic rings. The summed E-state index contributed by atoms with van der Waals surface area (Å²) < 4.78 is 21.0. The number of carboxylic acid groups (broad SMARTS) is 1. The van der Waals surface area contributed by atoms with Crippen molar-refractivity contribution in [3.05, 3.63) is 59.4 Å². The molecule has 1 fully saturated rings. The van der Waals surface area contributed by atoms with Crippen LogP contribution in [0.2, 0.25) is 0 Å². The Morgan fingerprint density at radius 1 is 1.26 bits per heavy atom. The molecular weight excluding hydrogens is 501 g/mol. The summed E-state index contributed by atoms with van der Waals surface area (Å²) in [4.78, 5) is 26.0. The Balaban J connectivity index is 1.99. The smallest absolute Gasteiger partial charge is 0.404 e. The van der Waals surface area contributed by atoms with Crippen LogP contribution in [-0.4, -0.2) is 73.6 Å². The van der Waals surface area contributed by atoms with Crippen LogP contribution in [0.4, 0.5) is 9.18 Å². The normalized spacial score (nSPS) is 17.9. The average molecular weight is 544 g/mol. The minimum atomic E-state index is -1.48. The van der Waals surface area contributed by atoms with Gasteiger partial charge in [-0.25, -0.2) is 9.18 Å². The van der Waals surface area contributed by atoms with E-state index in [2.05, 4.69) is 10.6 Å². The molecule has 2 amide bonds. The van der Waals surface area contributed by atoms with Crippen LogP contribution in [0.5, 0.6) is 0 Å². The highest BCUT2D eigenvalue weighted by atomic mass is 19.1. The first-order valence-corrected chi connectivity index (χ1v) is 13.8. The van der Waals surface area contributed by atoms with Crippen LogP contribution in [0.15, 0.2) is 42.5 Å². The van der Waals surface area contributed by atoms with E-state index in [0.29, 0.717) is 55.6 Å². The molecule has 0 radical (unpaired) electrons. The lowest BCUT2D eigenvalue weighted by Gasteiger charge is -2.44. The number of hydrogen-bond acceptors (Lipinski definition) is 5. The van der Waals surface area contributed by atoms with E-state index in [4.69, 9.17) is 9.84 Å². The maximum absolute atomic E-state index is 15.5. The zero-order valence-electron chi connectivity index (χ0n) is 23.2. The SMILES string of the molecule is CCc1cccc(-c2c(F)cccc2C(O)(CCCNC(=O)O)C2CCCN(C(=O)CC(CNC)OC)C2)c1. The van der Waals surface area contributed by atoms with Crippen molar-refractivity contribution < 1.29 is 28.9 Å². The zero-order valence-corrected chi connectivity index (χ0v) is 23.2. The molecule has 0 saturated carbocycles. The fraction of sp³-hybridized carbons (Fsp3) is 0.533. The third-order valence-electron chi connectivity index (χ3n) is 7.73. The van der Waals surface area contributed by atoms with Crippen LogP contribution in [0.1, 0.15) is 50.2 Å². The second kappa shape index (κ2) is 14.4. The third-order valence-corrected chi connectivity index (χ3v) is 7.73. The van der Waals surface area contributed by atoms with E-state index >= 15 is 4.39 Å². The highest BCUT2D eigenvalue weighted by Gasteiger charge is 2.43. The summed E-state index contributed by atoms with van der Waals surface area (Å²) >= 11 is 0. The Morgan fingerprint density at radius 3 is 2.72 bits per heavy atom. The van der Waals surface area contributed by atoms with E-state index in [1.54, 1.807) is 31.2 Å². The Hall–Kier alpha value is -3.01. The maximum atomic E-state index is 15.5. The number of ether oxygens (including phenoxy) is 1. The molecule has 0 aromatic heterocycles. The molecule has 1 aliphatic heterocycles. The van der Waals surface area contributed by atoms with Gasteiger partial charge in [0.2, 0.25) is 5.91 Å². The number of nitrogens with one attached hydrogen (secondary N) is 2. The molecule has 4 N–H and O–H groups in total. The van der Waals surface area contributed by atoms with E-state index in [-0.39, 0.29) is 37.3 Å². The molecule has 0 bridgehead atoms. The number of aliphatic hydroxyl groups is 1. The molecule has 9 heteroatoms. The molecule has 0 aliphatic carbocycles. The van der Waals surface area contributed by atoms with E-state index in [0.717, 1.165) is 12.0 Å². The lowest BCUT2D eigenvalue weighted by molar-refractivity contribution is -0.139. The summed E-state index contributed by atoms with van der Waals surface area (Å²) in [7, 11) is 3.39. The van der Waals surface area contributed by atoms with Crippen LogP contribution in [0, 0.1) is 11.7 Å². The Morgan fingerprint density at radius 2 is 2.03 bits per heavy atom. The number of carbonyl (C=O) groups is 2. The quantitative estimate of drug-likeness (QED) is 0.283. The number of amides is 2. The lowest BCUT2D eigenvalue weighted by Crippen LogP contribution is -2.49. The van der Waals surface area contributed by atoms with Gasteiger partial charge < -0.3 is 30.5 Å². The molecule has 39 heavy (non-hydrogen) atoms. The van der Waals surface area contributed by atoms with Crippen LogP contribution < -0.4 is 10.6 Å². The zero-order chi connectivity index (χ0) is 28.4. The van der Waals surface area contributed by atoms with E-state index in [1.165, 1.54) is 6.07 Å². The molecule has 3 atom stereocenters. The molecule has 1 heterocycles. The molecule has 1 aliphatic rings. The van der Waals surface area contributed by atoms with E-state index in [1.807, 2.05) is 31.2 Å². The van der Waals surface area contributed by atoms with Gasteiger partial charge in [-0.3, -0.25) is 4.79 Å². The summed E-state index contributed by atoms with van der Waals surface area (Å²) in [5, 5.41) is 26.9. The average Bonchev–Trinajstić information content (AvgIpc) is 2.94. The van der Waals surface area contributed by atoms with Gasteiger partial charge in [-0.1, -0.05) is 43.3 Å². The van der Waals surface area contributed by atoms with Crippen molar-refractivity contribution in [2.75, 3.05) is 40.3 Å². The van der Waals surface area contributed by atoms with Crippen molar-refractivity contribution in [2.45, 2.75) is 57.2 Å². The standard InChI is InChI=1S/C30H42FN3O5/c1-4-21-9-5-10-22(17-21)28-25(12-6-13-26(28)31)30(38,14-8-15-33-29(36)37)23-11-7-16-34(20-23)27(35)18-24(39-3)19-32-2/h5-6,9-10,12-13,17,23-24,32-33,38H,4,7-8,11,14-16,18-20H2,1-3H3,(H,36,37). The Kier molecular flexibility index (Phi) is 11.3. The van der Waals surface area contributed by atoms with Crippen molar-refractivity contribution in [3.63, 3.8) is 0 Å². The minimum absolute atomic E-state index is 0.0493. The summed E-state index contributed by atoms with van der Waals surface area (Å²) in [6.45, 7) is 3.64. The lowest BCUT2D eigenvalue weighted by atomic mass is 9.72. The predicted octanol–water partition coefficient (Wildman–Crippen LogP) is 4.15. The van der Waals surface area contributed by atoms with Gasteiger partial charge in [0.25, 0.3) is 0 Å². The highest BCUT2D eigenvalue weighted by molar-refractivity contribution is 5.77. The number of likely N-dealkylation sites (N-methyl/N-ethyl adjacent to an activating group) is 1. The first kappa shape index (κ1) is 30.5. The number of aryl methyl sites for hydroxylation is 1. The van der Waals surface area contributed by atoms with Crippen molar-refractivity contribution >= 4 is 12.0 Å². The van der Waals surface area contributed by atoms with Gasteiger partial charge in [0.15, 0.2) is 0 Å². The number of rotatable bonds is 13. The minimum Gasteiger partial charge on any atom is -0.465 e. The molecule has 1 saturated heterocycles. The Bertz CT molecular complexity index is 1110. The van der Waals surface area contributed by atoms with Gasteiger partial charge in [-0.15, -0.1) is 0 Å². The number of piperidine rings is 1. The number of hydrogen-bond donors (Lipinski definition) is 4. The molecule has 3 rings (SSSR count). The van der Waals surface area contributed by atoms with Crippen LogP contribution in [0.3, 0.4) is 0 Å². The monoisotopic (exact) mass is 543 g/mol. The predicted molar refractivity (Wildman–Crippen MR) is 149 cm³/mol. The number of benzene rings is 2. The van der Waals surface area contributed by atoms with E-state index < -0.39 is 17.5 Å². The Labute approximate surface area is 230 Å². The third kappa shape index (κ3) is 7.77. The summed E-state index contributed by atoms with van der Waals surface area (Å²) in [5.74, 6) is -0.839. The molecule has 214 valence electrons. The van der Waals surface area contributed by atoms with Gasteiger partial charge in [0, 0.05) is 44.8 Å². The topological polar surface area (TPSA) is 111 Å². The van der Waals surface area contributed by atoms with Gasteiger partial charge in [-0.2, -0.15) is 0 Å². The molecule has 3 unspecified atom stereocenters. The van der Waals surface area contributed by atoms with Crippen molar-refractivity contribution in [3.8, 4) is 11.1 Å². The molecule has 2 aromatic carbocycles. The first-order valence-electron chi connectivity index (χ1n) is 13.8. The number of likely N-dealkylation sites (tertiary alicyclic amines) is 1. The van der Waals surface area contributed by atoms with Gasteiger partial charge in [0.1, 0.15) is 5.82 Å². The second-order valence-electron chi connectivity index (χ2n) is 10.3. The van der Waals surface area contributed by atoms with Gasteiger partial charge >= 0.3 is 6.09 Å². The van der Waals surface area contributed by atoms with Gasteiger partial charge in [0.05, 0.1) is 18.1 Å². The first-order chi connectivity index (χ1) is 18.7. The van der Waals surface area contributed by atoms with Crippen molar-refractivity contribution in [1.29, 1.82) is 0 Å². The highest BCUT2D eigenvalue weighted by Crippen LogP contribution is 2.44. The van der Waals surface area contributed by atoms with E-state index in [9.17, 15) is 14.7 Å². The molecule has 8 nitrogen and oxygen atoms in total. The number of methoxy groups -OCH3 is 1. The van der Waals surface area contributed by atoms with Crippen LogP contribution in [0.25, 0.3) is 11.1 Å². The fourth-order valence-corrected chi connectivity index (χ4v) is 5.62. The van der Waals surface area contributed by atoms with Gasteiger partial charge in [-0.05, 0) is 61.9 Å². The number of nitrogens with zero attached hydrogens (tertiary/aromatic N) is 1. The summed E-state index contributed by atoms with van der Waals surface area (Å²) in [6.07, 6.45) is 1.54. The largest absolute Gasteiger partial charge is 0.465 e. The maximum Gasteiger partial charge on any atom is 0.404 e. The molecule has 0 spiro atoms. The second-order valence-corrected chi connectivity index (χ2v) is 10.3.